The molecular weight excluding hydrogens is 222 g/mol. The first kappa shape index (κ1) is 10.6. The first-order valence-corrected chi connectivity index (χ1v) is 5.18. The third kappa shape index (κ3) is 2.24. The van der Waals surface area contributed by atoms with E-state index in [4.69, 9.17) is 34.9 Å². The van der Waals surface area contributed by atoms with Crippen molar-refractivity contribution in [2.24, 2.45) is 5.73 Å². The molecule has 0 spiro atoms. The first-order chi connectivity index (χ1) is 6.06. The van der Waals surface area contributed by atoms with Crippen LogP contribution in [0.25, 0.3) is 0 Å². The molecule has 1 aromatic heterocycles. The first-order valence-electron chi connectivity index (χ1n) is 3.54. The molecule has 0 aliphatic rings. The summed E-state index contributed by atoms with van der Waals surface area (Å²) in [6.45, 7) is 1.96. The van der Waals surface area contributed by atoms with Crippen LogP contribution in [0.3, 0.4) is 0 Å². The Labute approximate surface area is 91.7 Å². The number of hydrogen-bond acceptors (Lipinski definition) is 4. The van der Waals surface area contributed by atoms with E-state index in [9.17, 15) is 0 Å². The molecule has 0 aliphatic carbocycles. The average Bonchev–Trinajstić information content (AvgIpc) is 2.46. The largest absolute Gasteiger partial charge is 0.486 e. The van der Waals surface area contributed by atoms with Crippen molar-refractivity contribution in [2.45, 2.75) is 6.92 Å². The van der Waals surface area contributed by atoms with E-state index in [0.717, 1.165) is 15.3 Å². The molecule has 0 aromatic carbocycles. The maximum absolute atomic E-state index is 5.52. The predicted molar refractivity (Wildman–Crippen MR) is 63.7 cm³/mol. The van der Waals surface area contributed by atoms with Gasteiger partial charge >= 0.3 is 0 Å². The topological polar surface area (TPSA) is 35.2 Å². The van der Waals surface area contributed by atoms with Crippen LogP contribution in [0.4, 0.5) is 0 Å². The fourth-order valence-electron chi connectivity index (χ4n) is 0.928. The summed E-state index contributed by atoms with van der Waals surface area (Å²) in [5, 5.41) is 0.482. The summed E-state index contributed by atoms with van der Waals surface area (Å²) in [5.41, 5.74) is 6.41. The minimum atomic E-state index is 0.402. The molecule has 0 radical (unpaired) electrons. The van der Waals surface area contributed by atoms with Gasteiger partial charge in [-0.1, -0.05) is 12.2 Å². The van der Waals surface area contributed by atoms with E-state index in [-0.39, 0.29) is 0 Å². The Morgan fingerprint density at radius 1 is 1.54 bits per heavy atom. The van der Waals surface area contributed by atoms with Gasteiger partial charge < -0.3 is 10.5 Å². The van der Waals surface area contributed by atoms with Crippen LogP contribution < -0.4 is 5.73 Å². The molecule has 70 valence electrons. The predicted octanol–water partition coefficient (Wildman–Crippen LogP) is 2.01. The molecule has 2 N–H and O–H groups in total. The molecule has 13 heavy (non-hydrogen) atoms. The zero-order valence-electron chi connectivity index (χ0n) is 7.29. The van der Waals surface area contributed by atoms with Crippen LogP contribution in [0.2, 0.25) is 0 Å². The molecule has 0 aliphatic heterocycles. The molecule has 0 amide bonds. The zero-order chi connectivity index (χ0) is 10.0. The summed E-state index contributed by atoms with van der Waals surface area (Å²) in [6.07, 6.45) is 0. The van der Waals surface area contributed by atoms with Gasteiger partial charge in [0.2, 0.25) is 5.05 Å². The van der Waals surface area contributed by atoms with Gasteiger partial charge in [-0.3, -0.25) is 0 Å². The molecule has 0 bridgehead atoms. The summed E-state index contributed by atoms with van der Waals surface area (Å²) >= 11 is 11.4. The number of rotatable bonds is 2. The monoisotopic (exact) mass is 231 g/mol. The Morgan fingerprint density at radius 3 is 2.54 bits per heavy atom. The fourth-order valence-corrected chi connectivity index (χ4v) is 2.34. The second-order valence-electron chi connectivity index (χ2n) is 2.44. The van der Waals surface area contributed by atoms with Crippen molar-refractivity contribution in [1.29, 1.82) is 0 Å². The van der Waals surface area contributed by atoms with E-state index in [2.05, 4.69) is 0 Å². The third-order valence-electron chi connectivity index (χ3n) is 1.57. The van der Waals surface area contributed by atoms with Crippen LogP contribution in [0.5, 0.6) is 0 Å². The fraction of sp³-hybridized carbons (Fsp3) is 0.250. The van der Waals surface area contributed by atoms with Crippen molar-refractivity contribution >= 4 is 45.8 Å². The van der Waals surface area contributed by atoms with Gasteiger partial charge in [-0.2, -0.15) is 0 Å². The molecule has 5 heteroatoms. The lowest BCUT2D eigenvalue weighted by Gasteiger charge is -1.95. The molecule has 0 fully saturated rings. The molecule has 0 saturated heterocycles. The van der Waals surface area contributed by atoms with Crippen LogP contribution in [-0.4, -0.2) is 17.1 Å². The Bertz CT molecular complexity index is 356. The Morgan fingerprint density at radius 2 is 2.15 bits per heavy atom. The highest BCUT2D eigenvalue weighted by molar-refractivity contribution is 7.81. The van der Waals surface area contributed by atoms with Crippen molar-refractivity contribution in [1.82, 2.24) is 0 Å². The number of aryl methyl sites for hydroxylation is 1. The maximum Gasteiger partial charge on any atom is 0.201 e. The van der Waals surface area contributed by atoms with Gasteiger partial charge in [0, 0.05) is 10.4 Å². The van der Waals surface area contributed by atoms with Crippen molar-refractivity contribution in [2.75, 3.05) is 7.11 Å². The van der Waals surface area contributed by atoms with Crippen molar-refractivity contribution in [3.05, 3.63) is 21.4 Å². The Balaban J connectivity index is 3.09. The molecule has 1 heterocycles. The van der Waals surface area contributed by atoms with E-state index >= 15 is 0 Å². The minimum Gasteiger partial charge on any atom is -0.486 e. The highest BCUT2D eigenvalue weighted by atomic mass is 32.1. The van der Waals surface area contributed by atoms with Crippen molar-refractivity contribution < 1.29 is 4.74 Å². The number of thiocarbonyl (C=S) groups is 2. The molecular formula is C8H9NOS3. The van der Waals surface area contributed by atoms with Gasteiger partial charge in [-0.25, -0.2) is 0 Å². The van der Waals surface area contributed by atoms with E-state index in [1.165, 1.54) is 0 Å². The van der Waals surface area contributed by atoms with Crippen molar-refractivity contribution in [3.8, 4) is 0 Å². The number of thiophene rings is 1. The van der Waals surface area contributed by atoms with Gasteiger partial charge in [0.1, 0.15) is 4.99 Å². The van der Waals surface area contributed by atoms with E-state index in [0.29, 0.717) is 10.0 Å². The van der Waals surface area contributed by atoms with Gasteiger partial charge in [0.15, 0.2) is 0 Å². The highest BCUT2D eigenvalue weighted by Crippen LogP contribution is 2.22. The molecule has 1 rings (SSSR count). The van der Waals surface area contributed by atoms with E-state index in [1.54, 1.807) is 18.4 Å². The number of nitrogens with two attached hydrogens (primary N) is 1. The third-order valence-corrected chi connectivity index (χ3v) is 3.35. The summed E-state index contributed by atoms with van der Waals surface area (Å²) < 4.78 is 4.94. The second kappa shape index (κ2) is 4.13. The van der Waals surface area contributed by atoms with Crippen LogP contribution in [0.15, 0.2) is 6.07 Å². The normalized spacial score (nSPS) is 9.69. The lowest BCUT2D eigenvalue weighted by Crippen LogP contribution is -2.09. The highest BCUT2D eigenvalue weighted by Gasteiger charge is 2.10. The Kier molecular flexibility index (Phi) is 3.35. The number of methoxy groups -OCH3 is 1. The summed E-state index contributed by atoms with van der Waals surface area (Å²) in [4.78, 5) is 2.37. The zero-order valence-corrected chi connectivity index (χ0v) is 9.74. The maximum atomic E-state index is 5.52. The van der Waals surface area contributed by atoms with Crippen LogP contribution >= 0.6 is 35.8 Å². The smallest absolute Gasteiger partial charge is 0.201 e. The van der Waals surface area contributed by atoms with Gasteiger partial charge in [-0.05, 0) is 25.2 Å². The SMILES string of the molecule is COC(=S)c1cc(C(N)=S)c(C)s1. The van der Waals surface area contributed by atoms with Gasteiger partial charge in [0.25, 0.3) is 0 Å². The molecule has 0 saturated carbocycles. The molecule has 0 unspecified atom stereocenters. The minimum absolute atomic E-state index is 0.402. The second-order valence-corrected chi connectivity index (χ2v) is 4.50. The van der Waals surface area contributed by atoms with E-state index < -0.39 is 0 Å². The molecule has 0 atom stereocenters. The Hall–Kier alpha value is -0.520. The standard InChI is InChI=1S/C8H9NOS3/c1-4-5(7(9)11)3-6(13-4)8(12)10-2/h3H,1-2H3,(H2,9,11). The van der Waals surface area contributed by atoms with Crippen LogP contribution in [0.1, 0.15) is 15.3 Å². The number of ether oxygens (including phenoxy) is 1. The average molecular weight is 231 g/mol. The summed E-state index contributed by atoms with van der Waals surface area (Å²) in [6, 6.07) is 1.87. The van der Waals surface area contributed by atoms with Crippen molar-refractivity contribution in [3.63, 3.8) is 0 Å². The summed E-state index contributed by atoms with van der Waals surface area (Å²) in [7, 11) is 1.55. The lowest BCUT2D eigenvalue weighted by molar-refractivity contribution is 0.417. The molecule has 2 nitrogen and oxygen atoms in total. The van der Waals surface area contributed by atoms with Crippen LogP contribution in [-0.2, 0) is 4.74 Å². The lowest BCUT2D eigenvalue weighted by atomic mass is 10.2. The molecule has 1 aromatic rings. The van der Waals surface area contributed by atoms with Crippen LogP contribution in [0, 0.1) is 6.92 Å². The van der Waals surface area contributed by atoms with Gasteiger partial charge in [0.05, 0.1) is 12.0 Å². The number of hydrogen-bond donors (Lipinski definition) is 1. The summed E-state index contributed by atoms with van der Waals surface area (Å²) in [5.74, 6) is 0. The quantitative estimate of drug-likeness (QED) is 0.790. The van der Waals surface area contributed by atoms with Gasteiger partial charge in [-0.15, -0.1) is 11.3 Å². The van der Waals surface area contributed by atoms with E-state index in [1.807, 2.05) is 13.0 Å².